The van der Waals surface area contributed by atoms with Crippen LogP contribution in [-0.2, 0) is 4.74 Å². The van der Waals surface area contributed by atoms with Crippen molar-refractivity contribution in [2.75, 3.05) is 33.4 Å². The molecule has 0 aliphatic carbocycles. The maximum Gasteiger partial charge on any atom is 0.0474 e. The molecule has 0 aromatic rings. The highest BCUT2D eigenvalue weighted by Crippen LogP contribution is 1.96. The summed E-state index contributed by atoms with van der Waals surface area (Å²) in [6, 6.07) is 0. The van der Waals surface area contributed by atoms with Gasteiger partial charge in [0.2, 0.25) is 0 Å². The third-order valence-corrected chi connectivity index (χ3v) is 2.05. The highest BCUT2D eigenvalue weighted by molar-refractivity contribution is 4.60. The Hall–Kier alpha value is -0.120. The summed E-state index contributed by atoms with van der Waals surface area (Å²) >= 11 is 0. The maximum absolute atomic E-state index is 5.56. The lowest BCUT2D eigenvalue weighted by Crippen LogP contribution is -2.28. The van der Waals surface area contributed by atoms with Crippen molar-refractivity contribution >= 4 is 0 Å². The van der Waals surface area contributed by atoms with E-state index in [1.54, 1.807) is 7.11 Å². The van der Waals surface area contributed by atoms with Crippen LogP contribution in [0.4, 0.5) is 0 Å². The van der Waals surface area contributed by atoms with Crippen LogP contribution in [0, 0.1) is 5.92 Å². The number of methoxy groups -OCH3 is 1. The maximum atomic E-state index is 5.56. The summed E-state index contributed by atoms with van der Waals surface area (Å²) in [6.45, 7) is 5.87. The molecular formula is C9H22N2O. The van der Waals surface area contributed by atoms with E-state index in [-0.39, 0.29) is 0 Å². The van der Waals surface area contributed by atoms with Crippen molar-refractivity contribution < 1.29 is 4.74 Å². The molecule has 0 spiro atoms. The first-order chi connectivity index (χ1) is 5.85. The second kappa shape index (κ2) is 8.97. The van der Waals surface area contributed by atoms with Gasteiger partial charge in [0.15, 0.2) is 0 Å². The Bertz CT molecular complexity index is 84.6. The minimum atomic E-state index is 0.632. The van der Waals surface area contributed by atoms with E-state index in [1.807, 2.05) is 0 Å². The van der Waals surface area contributed by atoms with Crippen molar-refractivity contribution in [3.8, 4) is 0 Å². The summed E-state index contributed by atoms with van der Waals surface area (Å²) in [6.07, 6.45) is 2.24. The van der Waals surface area contributed by atoms with Gasteiger partial charge in [-0.2, -0.15) is 0 Å². The third-order valence-electron chi connectivity index (χ3n) is 2.05. The van der Waals surface area contributed by atoms with E-state index >= 15 is 0 Å². The van der Waals surface area contributed by atoms with Crippen LogP contribution < -0.4 is 11.1 Å². The van der Waals surface area contributed by atoms with Crippen LogP contribution in [0.15, 0.2) is 0 Å². The molecule has 1 atom stereocenters. The predicted octanol–water partition coefficient (Wildman–Crippen LogP) is 0.597. The van der Waals surface area contributed by atoms with Gasteiger partial charge in [0.1, 0.15) is 0 Å². The molecule has 0 aliphatic heterocycles. The van der Waals surface area contributed by atoms with Crippen molar-refractivity contribution in [2.24, 2.45) is 11.7 Å². The lowest BCUT2D eigenvalue weighted by molar-refractivity contribution is 0.194. The molecule has 3 N–H and O–H groups in total. The SMILES string of the molecule is CCC(CN)CNCCCOC. The summed E-state index contributed by atoms with van der Waals surface area (Å²) < 4.78 is 4.94. The molecular weight excluding hydrogens is 152 g/mol. The monoisotopic (exact) mass is 174 g/mol. The van der Waals surface area contributed by atoms with Gasteiger partial charge in [0, 0.05) is 13.7 Å². The van der Waals surface area contributed by atoms with Crippen molar-refractivity contribution in [1.29, 1.82) is 0 Å². The second-order valence-corrected chi connectivity index (χ2v) is 3.06. The summed E-state index contributed by atoms with van der Waals surface area (Å²) in [5.74, 6) is 0.632. The molecule has 1 unspecified atom stereocenters. The van der Waals surface area contributed by atoms with E-state index in [2.05, 4.69) is 12.2 Å². The zero-order valence-electron chi connectivity index (χ0n) is 8.31. The van der Waals surface area contributed by atoms with E-state index in [0.717, 1.165) is 39.1 Å². The zero-order chi connectivity index (χ0) is 9.23. The Morgan fingerprint density at radius 3 is 2.75 bits per heavy atom. The molecule has 12 heavy (non-hydrogen) atoms. The third kappa shape index (κ3) is 6.58. The lowest BCUT2D eigenvalue weighted by atomic mass is 10.1. The summed E-state index contributed by atoms with van der Waals surface area (Å²) in [5, 5.41) is 3.36. The lowest BCUT2D eigenvalue weighted by Gasteiger charge is -2.12. The van der Waals surface area contributed by atoms with Gasteiger partial charge in [-0.25, -0.2) is 0 Å². The predicted molar refractivity (Wildman–Crippen MR) is 52.2 cm³/mol. The smallest absolute Gasteiger partial charge is 0.0474 e. The Labute approximate surface area is 75.7 Å². The molecule has 0 fully saturated rings. The van der Waals surface area contributed by atoms with Crippen LogP contribution >= 0.6 is 0 Å². The van der Waals surface area contributed by atoms with E-state index in [1.165, 1.54) is 0 Å². The molecule has 74 valence electrons. The van der Waals surface area contributed by atoms with Crippen LogP contribution in [0.2, 0.25) is 0 Å². The molecule has 0 rings (SSSR count). The molecule has 0 heterocycles. The minimum Gasteiger partial charge on any atom is -0.385 e. The normalized spacial score (nSPS) is 13.2. The van der Waals surface area contributed by atoms with Gasteiger partial charge in [-0.3, -0.25) is 0 Å². The van der Waals surface area contributed by atoms with Gasteiger partial charge in [0.05, 0.1) is 0 Å². The molecule has 0 aromatic carbocycles. The van der Waals surface area contributed by atoms with E-state index in [9.17, 15) is 0 Å². The van der Waals surface area contributed by atoms with Gasteiger partial charge in [-0.05, 0) is 32.0 Å². The Morgan fingerprint density at radius 2 is 2.25 bits per heavy atom. The fourth-order valence-corrected chi connectivity index (χ4v) is 1.04. The zero-order valence-corrected chi connectivity index (χ0v) is 8.31. The number of nitrogens with two attached hydrogens (primary N) is 1. The van der Waals surface area contributed by atoms with Gasteiger partial charge >= 0.3 is 0 Å². The van der Waals surface area contributed by atoms with Crippen molar-refractivity contribution in [3.63, 3.8) is 0 Å². The molecule has 3 heteroatoms. The highest BCUT2D eigenvalue weighted by Gasteiger charge is 2.01. The molecule has 0 aromatic heterocycles. The number of ether oxygens (including phenoxy) is 1. The average molecular weight is 174 g/mol. The van der Waals surface area contributed by atoms with E-state index in [4.69, 9.17) is 10.5 Å². The molecule has 0 aliphatic rings. The summed E-state index contributed by atoms with van der Waals surface area (Å²) in [4.78, 5) is 0. The number of hydrogen-bond acceptors (Lipinski definition) is 3. The Balaban J connectivity index is 3.06. The standard InChI is InChI=1S/C9H22N2O/c1-3-9(7-10)8-11-5-4-6-12-2/h9,11H,3-8,10H2,1-2H3. The second-order valence-electron chi connectivity index (χ2n) is 3.06. The topological polar surface area (TPSA) is 47.3 Å². The van der Waals surface area contributed by atoms with Crippen LogP contribution in [0.25, 0.3) is 0 Å². The van der Waals surface area contributed by atoms with Crippen LogP contribution in [0.3, 0.4) is 0 Å². The van der Waals surface area contributed by atoms with Gasteiger partial charge in [-0.15, -0.1) is 0 Å². The van der Waals surface area contributed by atoms with Crippen LogP contribution in [0.5, 0.6) is 0 Å². The van der Waals surface area contributed by atoms with E-state index < -0.39 is 0 Å². The number of rotatable bonds is 8. The van der Waals surface area contributed by atoms with Crippen molar-refractivity contribution in [1.82, 2.24) is 5.32 Å². The fraction of sp³-hybridized carbons (Fsp3) is 1.00. The van der Waals surface area contributed by atoms with Gasteiger partial charge in [-0.1, -0.05) is 13.3 Å². The number of hydrogen-bond donors (Lipinski definition) is 2. The van der Waals surface area contributed by atoms with E-state index in [0.29, 0.717) is 5.92 Å². The van der Waals surface area contributed by atoms with Crippen molar-refractivity contribution in [3.05, 3.63) is 0 Å². The quantitative estimate of drug-likeness (QED) is 0.530. The Morgan fingerprint density at radius 1 is 1.50 bits per heavy atom. The molecule has 3 nitrogen and oxygen atoms in total. The summed E-state index contributed by atoms with van der Waals surface area (Å²) in [5.41, 5.74) is 5.56. The molecule has 0 amide bonds. The van der Waals surface area contributed by atoms with Crippen LogP contribution in [0.1, 0.15) is 19.8 Å². The van der Waals surface area contributed by atoms with Gasteiger partial charge in [0.25, 0.3) is 0 Å². The minimum absolute atomic E-state index is 0.632. The molecule has 0 saturated heterocycles. The highest BCUT2D eigenvalue weighted by atomic mass is 16.5. The first-order valence-electron chi connectivity index (χ1n) is 4.74. The molecule has 0 saturated carbocycles. The van der Waals surface area contributed by atoms with Crippen molar-refractivity contribution in [2.45, 2.75) is 19.8 Å². The fourth-order valence-electron chi connectivity index (χ4n) is 1.04. The number of nitrogens with one attached hydrogen (secondary N) is 1. The molecule has 0 radical (unpaired) electrons. The Kier molecular flexibility index (Phi) is 8.88. The average Bonchev–Trinajstić information content (AvgIpc) is 2.11. The van der Waals surface area contributed by atoms with Crippen LogP contribution in [-0.4, -0.2) is 33.4 Å². The van der Waals surface area contributed by atoms with Gasteiger partial charge < -0.3 is 15.8 Å². The molecule has 0 bridgehead atoms. The summed E-state index contributed by atoms with van der Waals surface area (Å²) in [7, 11) is 1.73. The first-order valence-corrected chi connectivity index (χ1v) is 4.74. The largest absolute Gasteiger partial charge is 0.385 e. The first kappa shape index (κ1) is 11.9.